The molecular formula is C15H21NO4S. The topological polar surface area (TPSA) is 63.7 Å². The highest BCUT2D eigenvalue weighted by Crippen LogP contribution is 2.29. The van der Waals surface area contributed by atoms with Crippen LogP contribution in [0.15, 0.2) is 29.2 Å². The van der Waals surface area contributed by atoms with Crippen LogP contribution in [0.25, 0.3) is 0 Å². The highest BCUT2D eigenvalue weighted by Gasteiger charge is 2.35. The fourth-order valence-electron chi connectivity index (χ4n) is 2.75. The van der Waals surface area contributed by atoms with Crippen molar-refractivity contribution < 1.29 is 17.9 Å². The van der Waals surface area contributed by atoms with Crippen LogP contribution in [0, 0.1) is 5.92 Å². The molecule has 0 N–H and O–H groups in total. The number of esters is 1. The van der Waals surface area contributed by atoms with Crippen LogP contribution in [-0.4, -0.2) is 38.4 Å². The monoisotopic (exact) mass is 311 g/mol. The fourth-order valence-corrected chi connectivity index (χ4v) is 4.51. The molecule has 1 aromatic carbocycles. The Morgan fingerprint density at radius 1 is 1.29 bits per heavy atom. The van der Waals surface area contributed by atoms with Crippen molar-refractivity contribution in [3.05, 3.63) is 29.8 Å². The molecule has 0 bridgehead atoms. The van der Waals surface area contributed by atoms with Crippen molar-refractivity contribution in [1.82, 2.24) is 4.31 Å². The van der Waals surface area contributed by atoms with Crippen molar-refractivity contribution in [2.24, 2.45) is 5.92 Å². The Morgan fingerprint density at radius 2 is 1.90 bits per heavy atom. The maximum atomic E-state index is 12.6. The summed E-state index contributed by atoms with van der Waals surface area (Å²) in [5.41, 5.74) is 0.739. The fraction of sp³-hybridized carbons (Fsp3) is 0.533. The number of sulfonamides is 1. The summed E-state index contributed by atoms with van der Waals surface area (Å²) in [6.45, 7) is 4.56. The summed E-state index contributed by atoms with van der Waals surface area (Å²) in [7, 11) is -2.12. The van der Waals surface area contributed by atoms with Crippen LogP contribution in [0.5, 0.6) is 0 Å². The maximum Gasteiger partial charge on any atom is 0.309 e. The first-order valence-corrected chi connectivity index (χ1v) is 8.46. The Kier molecular flexibility index (Phi) is 4.68. The van der Waals surface area contributed by atoms with Crippen molar-refractivity contribution in [2.75, 3.05) is 13.7 Å². The first-order chi connectivity index (χ1) is 9.84. The summed E-state index contributed by atoms with van der Waals surface area (Å²) in [5.74, 6) is 0.0426. The van der Waals surface area contributed by atoms with Crippen LogP contribution in [0.4, 0.5) is 0 Å². The number of hydrogen-bond acceptors (Lipinski definition) is 4. The zero-order chi connectivity index (χ0) is 15.6. The van der Waals surface area contributed by atoms with E-state index in [-0.39, 0.29) is 23.3 Å². The first kappa shape index (κ1) is 16.0. The molecule has 6 heteroatoms. The van der Waals surface area contributed by atoms with Gasteiger partial charge >= 0.3 is 5.97 Å². The van der Waals surface area contributed by atoms with Gasteiger partial charge in [0.1, 0.15) is 0 Å². The Labute approximate surface area is 126 Å². The predicted molar refractivity (Wildman–Crippen MR) is 79.3 cm³/mol. The minimum atomic E-state index is -3.45. The third-order valence-electron chi connectivity index (χ3n) is 3.83. The van der Waals surface area contributed by atoms with Crippen molar-refractivity contribution in [3.8, 4) is 0 Å². The van der Waals surface area contributed by atoms with Gasteiger partial charge in [0.25, 0.3) is 0 Å². The van der Waals surface area contributed by atoms with Gasteiger partial charge < -0.3 is 4.74 Å². The van der Waals surface area contributed by atoms with Gasteiger partial charge in [0, 0.05) is 12.6 Å². The lowest BCUT2D eigenvalue weighted by Crippen LogP contribution is -2.34. The third kappa shape index (κ3) is 3.44. The second kappa shape index (κ2) is 6.15. The van der Waals surface area contributed by atoms with Crippen LogP contribution in [0.2, 0.25) is 0 Å². The van der Waals surface area contributed by atoms with Gasteiger partial charge in [-0.3, -0.25) is 4.79 Å². The molecule has 21 heavy (non-hydrogen) atoms. The molecule has 0 spiro atoms. The van der Waals surface area contributed by atoms with Crippen LogP contribution < -0.4 is 0 Å². The van der Waals surface area contributed by atoms with E-state index in [2.05, 4.69) is 11.7 Å². The van der Waals surface area contributed by atoms with E-state index in [0.717, 1.165) is 12.0 Å². The number of ether oxygens (including phenoxy) is 1. The number of benzene rings is 1. The molecule has 0 saturated carbocycles. The Balaban J connectivity index is 2.19. The molecule has 1 saturated heterocycles. The minimum absolute atomic E-state index is 0.0275. The number of hydrogen-bond donors (Lipinski definition) is 0. The molecule has 5 nitrogen and oxygen atoms in total. The molecule has 0 aromatic heterocycles. The minimum Gasteiger partial charge on any atom is -0.469 e. The van der Waals surface area contributed by atoms with Crippen molar-refractivity contribution >= 4 is 16.0 Å². The molecule has 1 heterocycles. The van der Waals surface area contributed by atoms with E-state index in [0.29, 0.717) is 12.5 Å². The van der Waals surface area contributed by atoms with Gasteiger partial charge in [-0.25, -0.2) is 8.42 Å². The Bertz CT molecular complexity index is 609. The maximum absolute atomic E-state index is 12.6. The Morgan fingerprint density at radius 3 is 2.38 bits per heavy atom. The molecule has 2 unspecified atom stereocenters. The molecule has 0 radical (unpaired) electrons. The molecule has 2 atom stereocenters. The quantitative estimate of drug-likeness (QED) is 0.796. The van der Waals surface area contributed by atoms with Crippen molar-refractivity contribution in [2.45, 2.75) is 37.6 Å². The highest BCUT2D eigenvalue weighted by molar-refractivity contribution is 7.89. The van der Waals surface area contributed by atoms with Gasteiger partial charge in [0.2, 0.25) is 10.0 Å². The highest BCUT2D eigenvalue weighted by atomic mass is 32.2. The van der Waals surface area contributed by atoms with Crippen LogP contribution in [-0.2, 0) is 26.0 Å². The lowest BCUT2D eigenvalue weighted by molar-refractivity contribution is -0.139. The van der Waals surface area contributed by atoms with E-state index in [4.69, 9.17) is 0 Å². The van der Waals surface area contributed by atoms with Crippen molar-refractivity contribution in [3.63, 3.8) is 0 Å². The average Bonchev–Trinajstić information content (AvgIpc) is 2.79. The van der Waals surface area contributed by atoms with Crippen LogP contribution in [0.1, 0.15) is 25.8 Å². The zero-order valence-corrected chi connectivity index (χ0v) is 13.4. The van der Waals surface area contributed by atoms with Crippen molar-refractivity contribution in [1.29, 1.82) is 0 Å². The molecule has 2 rings (SSSR count). The molecule has 116 valence electrons. The summed E-state index contributed by atoms with van der Waals surface area (Å²) >= 11 is 0. The van der Waals surface area contributed by atoms with Gasteiger partial charge in [-0.05, 0) is 37.0 Å². The molecule has 1 aliphatic rings. The SMILES string of the molecule is COC(=O)Cc1ccc(S(=O)(=O)N2CC(C)CC2C)cc1. The molecule has 0 aliphatic carbocycles. The third-order valence-corrected chi connectivity index (χ3v) is 5.83. The number of carbonyl (C=O) groups excluding carboxylic acids is 1. The molecule has 0 amide bonds. The summed E-state index contributed by atoms with van der Waals surface area (Å²) in [4.78, 5) is 11.5. The van der Waals surface area contributed by atoms with Crippen LogP contribution >= 0.6 is 0 Å². The zero-order valence-electron chi connectivity index (χ0n) is 12.6. The van der Waals surface area contributed by atoms with Gasteiger partial charge in [0.15, 0.2) is 0 Å². The normalized spacial score (nSPS) is 23.2. The molecular weight excluding hydrogens is 290 g/mol. The first-order valence-electron chi connectivity index (χ1n) is 7.02. The number of carbonyl (C=O) groups is 1. The number of methoxy groups -OCH3 is 1. The standard InChI is InChI=1S/C15H21NO4S/c1-11-8-12(2)16(10-11)21(18,19)14-6-4-13(5-7-14)9-15(17)20-3/h4-7,11-12H,8-10H2,1-3H3. The summed E-state index contributed by atoms with van der Waals surface area (Å²) in [6.07, 6.45) is 1.04. The van der Waals surface area contributed by atoms with E-state index in [9.17, 15) is 13.2 Å². The van der Waals surface area contributed by atoms with Crippen LogP contribution in [0.3, 0.4) is 0 Å². The number of rotatable bonds is 4. The van der Waals surface area contributed by atoms with E-state index in [1.165, 1.54) is 7.11 Å². The predicted octanol–water partition coefficient (Wildman–Crippen LogP) is 1.82. The van der Waals surface area contributed by atoms with Gasteiger partial charge in [-0.15, -0.1) is 0 Å². The van der Waals surface area contributed by atoms with Gasteiger partial charge in [-0.2, -0.15) is 4.31 Å². The van der Waals surface area contributed by atoms with E-state index in [1.807, 2.05) is 6.92 Å². The molecule has 1 aliphatic heterocycles. The molecule has 1 aromatic rings. The largest absolute Gasteiger partial charge is 0.469 e. The second-order valence-corrected chi connectivity index (χ2v) is 7.55. The lowest BCUT2D eigenvalue weighted by atomic mass is 10.1. The summed E-state index contributed by atoms with van der Waals surface area (Å²) in [5, 5.41) is 0. The van der Waals surface area contributed by atoms with Gasteiger partial charge in [-0.1, -0.05) is 19.1 Å². The molecule has 1 fully saturated rings. The van der Waals surface area contributed by atoms with E-state index < -0.39 is 10.0 Å². The smallest absolute Gasteiger partial charge is 0.309 e. The lowest BCUT2D eigenvalue weighted by Gasteiger charge is -2.21. The van der Waals surface area contributed by atoms with E-state index in [1.54, 1.807) is 28.6 Å². The number of nitrogens with zero attached hydrogens (tertiary/aromatic N) is 1. The van der Waals surface area contributed by atoms with E-state index >= 15 is 0 Å². The summed E-state index contributed by atoms with van der Waals surface area (Å²) < 4.78 is 31.4. The van der Waals surface area contributed by atoms with Gasteiger partial charge in [0.05, 0.1) is 18.4 Å². The Hall–Kier alpha value is -1.40. The summed E-state index contributed by atoms with van der Waals surface area (Å²) in [6, 6.07) is 6.47. The second-order valence-electron chi connectivity index (χ2n) is 5.66. The average molecular weight is 311 g/mol.